The summed E-state index contributed by atoms with van der Waals surface area (Å²) < 4.78 is 59.1. The zero-order valence-electron chi connectivity index (χ0n) is 18.4. The molecule has 0 aliphatic carbocycles. The first-order valence-electron chi connectivity index (χ1n) is 10.1. The SMILES string of the molecule is COc1cc(C(F)(F)F)cc(SC)c1C(=O)NC1(c2ccc(F)c(C)c2)CCCN(C)C1. The number of benzene rings is 2. The summed E-state index contributed by atoms with van der Waals surface area (Å²) in [6.07, 6.45) is -1.54. The van der Waals surface area contributed by atoms with E-state index in [1.807, 2.05) is 7.05 Å². The molecule has 0 spiro atoms. The molecule has 0 radical (unpaired) electrons. The van der Waals surface area contributed by atoms with Crippen LogP contribution in [0.25, 0.3) is 0 Å². The maximum absolute atomic E-state index is 13.9. The van der Waals surface area contributed by atoms with Gasteiger partial charge in [0.15, 0.2) is 0 Å². The molecule has 0 bridgehead atoms. The van der Waals surface area contributed by atoms with E-state index in [-0.39, 0.29) is 22.0 Å². The van der Waals surface area contributed by atoms with Crippen LogP contribution >= 0.6 is 11.8 Å². The van der Waals surface area contributed by atoms with Gasteiger partial charge in [0.05, 0.1) is 23.8 Å². The zero-order chi connectivity index (χ0) is 23.7. The number of halogens is 4. The molecule has 1 unspecified atom stereocenters. The number of methoxy groups -OCH3 is 1. The van der Waals surface area contributed by atoms with Crippen molar-refractivity contribution >= 4 is 17.7 Å². The first kappa shape index (κ1) is 24.4. The predicted molar refractivity (Wildman–Crippen MR) is 117 cm³/mol. The molecule has 1 amide bonds. The van der Waals surface area contributed by atoms with Gasteiger partial charge in [-0.3, -0.25) is 4.79 Å². The fourth-order valence-corrected chi connectivity index (χ4v) is 4.84. The Morgan fingerprint density at radius 3 is 2.53 bits per heavy atom. The van der Waals surface area contributed by atoms with E-state index in [0.717, 1.165) is 42.4 Å². The molecule has 0 aromatic heterocycles. The number of alkyl halides is 3. The second-order valence-electron chi connectivity index (χ2n) is 8.10. The molecule has 1 fully saturated rings. The minimum absolute atomic E-state index is 0.0550. The third-order valence-electron chi connectivity index (χ3n) is 5.81. The van der Waals surface area contributed by atoms with Crippen LogP contribution in [0.2, 0.25) is 0 Å². The summed E-state index contributed by atoms with van der Waals surface area (Å²) in [5.74, 6) is -1.01. The van der Waals surface area contributed by atoms with Crippen LogP contribution in [-0.4, -0.2) is 44.3 Å². The molecule has 174 valence electrons. The number of nitrogens with one attached hydrogen (secondary N) is 1. The highest BCUT2D eigenvalue weighted by Gasteiger charge is 2.40. The van der Waals surface area contributed by atoms with E-state index in [1.54, 1.807) is 25.3 Å². The lowest BCUT2D eigenvalue weighted by atomic mass is 9.81. The number of rotatable bonds is 5. The third-order valence-corrected chi connectivity index (χ3v) is 6.57. The van der Waals surface area contributed by atoms with E-state index in [2.05, 4.69) is 10.2 Å². The van der Waals surface area contributed by atoms with Crippen LogP contribution < -0.4 is 10.1 Å². The topological polar surface area (TPSA) is 41.6 Å². The summed E-state index contributed by atoms with van der Waals surface area (Å²) in [7, 11) is 3.17. The van der Waals surface area contributed by atoms with Gasteiger partial charge in [0, 0.05) is 11.4 Å². The first-order valence-corrected chi connectivity index (χ1v) is 11.3. The highest BCUT2D eigenvalue weighted by Crippen LogP contribution is 2.39. The molecule has 9 heteroatoms. The maximum Gasteiger partial charge on any atom is 0.416 e. The Morgan fingerprint density at radius 1 is 1.25 bits per heavy atom. The molecule has 3 rings (SSSR count). The lowest BCUT2D eigenvalue weighted by molar-refractivity contribution is -0.137. The van der Waals surface area contributed by atoms with Crippen molar-refractivity contribution in [2.45, 2.75) is 36.4 Å². The fraction of sp³-hybridized carbons (Fsp3) is 0.435. The molecule has 2 aromatic rings. The number of ether oxygens (including phenoxy) is 1. The molecule has 1 aliphatic heterocycles. The van der Waals surface area contributed by atoms with E-state index in [1.165, 1.54) is 13.2 Å². The van der Waals surface area contributed by atoms with Gasteiger partial charge >= 0.3 is 6.18 Å². The standard InChI is InChI=1S/C23H26F4N2O2S/c1-14-10-15(6-7-17(14)24)22(8-5-9-29(2)13-22)28-21(30)20-18(31-3)11-16(23(25,26)27)12-19(20)32-4/h6-7,10-12H,5,8-9,13H2,1-4H3,(H,28,30). The molecule has 1 saturated heterocycles. The van der Waals surface area contributed by atoms with E-state index < -0.39 is 23.2 Å². The minimum Gasteiger partial charge on any atom is -0.496 e. The largest absolute Gasteiger partial charge is 0.496 e. The summed E-state index contributed by atoms with van der Waals surface area (Å²) in [5.41, 5.74) is -0.420. The summed E-state index contributed by atoms with van der Waals surface area (Å²) in [6.45, 7) is 2.99. The van der Waals surface area contributed by atoms with Crippen molar-refractivity contribution in [1.82, 2.24) is 10.2 Å². The minimum atomic E-state index is -4.56. The maximum atomic E-state index is 13.9. The van der Waals surface area contributed by atoms with Crippen molar-refractivity contribution in [3.8, 4) is 5.75 Å². The van der Waals surface area contributed by atoms with Crippen LogP contribution in [0.1, 0.15) is 39.9 Å². The molecule has 1 N–H and O–H groups in total. The summed E-state index contributed by atoms with van der Waals surface area (Å²) in [4.78, 5) is 15.7. The van der Waals surface area contributed by atoms with Crippen LogP contribution in [0.3, 0.4) is 0 Å². The predicted octanol–water partition coefficient (Wildman–Crippen LogP) is 5.23. The van der Waals surface area contributed by atoms with Gasteiger partial charge in [-0.25, -0.2) is 4.39 Å². The number of aryl methyl sites for hydroxylation is 1. The van der Waals surface area contributed by atoms with Gasteiger partial charge in [-0.2, -0.15) is 13.2 Å². The zero-order valence-corrected chi connectivity index (χ0v) is 19.2. The second kappa shape index (κ2) is 9.31. The summed E-state index contributed by atoms with van der Waals surface area (Å²) in [5, 5.41) is 3.07. The van der Waals surface area contributed by atoms with Crippen molar-refractivity contribution in [1.29, 1.82) is 0 Å². The number of piperidine rings is 1. The van der Waals surface area contributed by atoms with Crippen molar-refractivity contribution in [2.24, 2.45) is 0 Å². The van der Waals surface area contributed by atoms with Crippen LogP contribution in [-0.2, 0) is 11.7 Å². The molecule has 4 nitrogen and oxygen atoms in total. The molecule has 0 saturated carbocycles. The normalized spacial score (nSPS) is 19.6. The van der Waals surface area contributed by atoms with Crippen molar-refractivity contribution in [2.75, 3.05) is 33.5 Å². The van der Waals surface area contributed by atoms with E-state index in [0.29, 0.717) is 18.5 Å². The van der Waals surface area contributed by atoms with Gasteiger partial charge in [0.2, 0.25) is 0 Å². The molecule has 1 atom stereocenters. The lowest BCUT2D eigenvalue weighted by Crippen LogP contribution is -2.55. The fourth-order valence-electron chi connectivity index (χ4n) is 4.20. The molecular formula is C23H26F4N2O2S. The lowest BCUT2D eigenvalue weighted by Gasteiger charge is -2.43. The van der Waals surface area contributed by atoms with Crippen LogP contribution in [0.15, 0.2) is 35.2 Å². The smallest absolute Gasteiger partial charge is 0.416 e. The Labute approximate surface area is 189 Å². The Kier molecular flexibility index (Phi) is 7.09. The average Bonchev–Trinajstić information content (AvgIpc) is 2.73. The highest BCUT2D eigenvalue weighted by atomic mass is 32.2. The van der Waals surface area contributed by atoms with Crippen molar-refractivity contribution < 1.29 is 27.1 Å². The molecule has 2 aromatic carbocycles. The highest BCUT2D eigenvalue weighted by molar-refractivity contribution is 7.98. The Bertz CT molecular complexity index is 987. The van der Waals surface area contributed by atoms with Gasteiger partial charge < -0.3 is 15.0 Å². The van der Waals surface area contributed by atoms with E-state index in [9.17, 15) is 22.4 Å². The number of carbonyl (C=O) groups excluding carboxylic acids is 1. The van der Waals surface area contributed by atoms with E-state index in [4.69, 9.17) is 4.74 Å². The third kappa shape index (κ3) is 4.88. The van der Waals surface area contributed by atoms with Gasteiger partial charge in [-0.05, 0) is 68.9 Å². The second-order valence-corrected chi connectivity index (χ2v) is 8.94. The Hall–Kier alpha value is -2.26. The van der Waals surface area contributed by atoms with Gasteiger partial charge in [-0.1, -0.05) is 12.1 Å². The number of likely N-dealkylation sites (tertiary alicyclic amines) is 1. The Morgan fingerprint density at radius 2 is 1.97 bits per heavy atom. The number of hydrogen-bond donors (Lipinski definition) is 1. The summed E-state index contributed by atoms with van der Waals surface area (Å²) in [6, 6.07) is 6.55. The van der Waals surface area contributed by atoms with Gasteiger partial charge in [-0.15, -0.1) is 11.8 Å². The van der Waals surface area contributed by atoms with Crippen LogP contribution in [0.5, 0.6) is 5.75 Å². The molecular weight excluding hydrogens is 444 g/mol. The number of nitrogens with zero attached hydrogens (tertiary/aromatic N) is 1. The molecule has 1 heterocycles. The van der Waals surface area contributed by atoms with Gasteiger partial charge in [0.25, 0.3) is 5.91 Å². The number of hydrogen-bond acceptors (Lipinski definition) is 4. The monoisotopic (exact) mass is 470 g/mol. The van der Waals surface area contributed by atoms with Crippen molar-refractivity contribution in [3.63, 3.8) is 0 Å². The van der Waals surface area contributed by atoms with Crippen molar-refractivity contribution in [3.05, 3.63) is 58.4 Å². The molecule has 1 aliphatic rings. The number of amides is 1. The number of thioether (sulfide) groups is 1. The van der Waals surface area contributed by atoms with Gasteiger partial charge in [0.1, 0.15) is 11.6 Å². The van der Waals surface area contributed by atoms with Crippen LogP contribution in [0.4, 0.5) is 17.6 Å². The van der Waals surface area contributed by atoms with Crippen LogP contribution in [0, 0.1) is 12.7 Å². The number of carbonyl (C=O) groups is 1. The summed E-state index contributed by atoms with van der Waals surface area (Å²) >= 11 is 1.04. The Balaban J connectivity index is 2.08. The first-order chi connectivity index (χ1) is 15.0. The number of likely N-dealkylation sites (N-methyl/N-ethyl adjacent to an activating group) is 1. The molecule has 32 heavy (non-hydrogen) atoms. The van der Waals surface area contributed by atoms with E-state index >= 15 is 0 Å². The quantitative estimate of drug-likeness (QED) is 0.480. The average molecular weight is 471 g/mol.